The summed E-state index contributed by atoms with van der Waals surface area (Å²) in [7, 11) is 0. The van der Waals surface area contributed by atoms with Crippen molar-refractivity contribution in [1.29, 1.82) is 0 Å². The van der Waals surface area contributed by atoms with Crippen LogP contribution in [0.3, 0.4) is 0 Å². The van der Waals surface area contributed by atoms with Crippen LogP contribution in [0.1, 0.15) is 50.4 Å². The van der Waals surface area contributed by atoms with Crippen LogP contribution in [0.25, 0.3) is 0 Å². The molecule has 0 saturated carbocycles. The Kier molecular flexibility index (Phi) is 7.83. The topological polar surface area (TPSA) is 49.8 Å². The van der Waals surface area contributed by atoms with E-state index in [0.29, 0.717) is 18.7 Å². The van der Waals surface area contributed by atoms with Gasteiger partial charge in [0.25, 0.3) is 5.91 Å². The molecule has 0 aliphatic heterocycles. The predicted octanol–water partition coefficient (Wildman–Crippen LogP) is 3.10. The van der Waals surface area contributed by atoms with Crippen LogP contribution < -0.4 is 4.74 Å². The first-order valence-corrected chi connectivity index (χ1v) is 7.82. The van der Waals surface area contributed by atoms with Gasteiger partial charge in [0, 0.05) is 18.2 Å². The van der Waals surface area contributed by atoms with E-state index in [1.807, 2.05) is 12.1 Å². The van der Waals surface area contributed by atoms with Gasteiger partial charge < -0.3 is 14.7 Å². The molecule has 0 unspecified atom stereocenters. The largest absolute Gasteiger partial charge is 0.494 e. The van der Waals surface area contributed by atoms with Crippen molar-refractivity contribution in [3.05, 3.63) is 29.8 Å². The van der Waals surface area contributed by atoms with E-state index in [0.717, 1.165) is 25.0 Å². The molecule has 0 spiro atoms. The van der Waals surface area contributed by atoms with Gasteiger partial charge in [-0.15, -0.1) is 0 Å². The van der Waals surface area contributed by atoms with Gasteiger partial charge in [0.15, 0.2) is 0 Å². The molecule has 0 saturated heterocycles. The Morgan fingerprint density at radius 3 is 2.29 bits per heavy atom. The van der Waals surface area contributed by atoms with Gasteiger partial charge in [-0.1, -0.05) is 20.8 Å². The summed E-state index contributed by atoms with van der Waals surface area (Å²) in [6.45, 7) is 7.22. The van der Waals surface area contributed by atoms with Gasteiger partial charge in [0.05, 0.1) is 13.2 Å². The lowest BCUT2D eigenvalue weighted by atomic mass is 10.1. The third kappa shape index (κ3) is 5.05. The predicted molar refractivity (Wildman–Crippen MR) is 84.7 cm³/mol. The minimum absolute atomic E-state index is 0.0140. The average Bonchev–Trinajstić information content (AvgIpc) is 2.53. The van der Waals surface area contributed by atoms with Crippen molar-refractivity contribution in [2.45, 2.75) is 46.1 Å². The number of hydrogen-bond acceptors (Lipinski definition) is 3. The van der Waals surface area contributed by atoms with Crippen molar-refractivity contribution in [3.63, 3.8) is 0 Å². The van der Waals surface area contributed by atoms with Crippen molar-refractivity contribution in [2.24, 2.45) is 0 Å². The second-order valence-corrected chi connectivity index (χ2v) is 5.07. The summed E-state index contributed by atoms with van der Waals surface area (Å²) in [5.41, 5.74) is 0.638. The Bertz CT molecular complexity index is 413. The molecular formula is C17H27NO3. The van der Waals surface area contributed by atoms with Gasteiger partial charge in [-0.25, -0.2) is 0 Å². The summed E-state index contributed by atoms with van der Waals surface area (Å²) in [4.78, 5) is 14.4. The highest BCUT2D eigenvalue weighted by atomic mass is 16.5. The number of nitrogens with zero attached hydrogens (tertiary/aromatic N) is 1. The van der Waals surface area contributed by atoms with E-state index >= 15 is 0 Å². The lowest BCUT2D eigenvalue weighted by Gasteiger charge is -2.30. The smallest absolute Gasteiger partial charge is 0.254 e. The molecule has 4 heteroatoms. The molecule has 0 radical (unpaired) electrons. The highest BCUT2D eigenvalue weighted by Crippen LogP contribution is 2.17. The van der Waals surface area contributed by atoms with Gasteiger partial charge in [-0.2, -0.15) is 0 Å². The number of carbonyl (C=O) groups is 1. The Hall–Kier alpha value is -1.55. The molecule has 0 aliphatic rings. The Labute approximate surface area is 127 Å². The molecule has 1 aromatic rings. The van der Waals surface area contributed by atoms with Crippen LogP contribution in [0.4, 0.5) is 0 Å². The third-order valence-corrected chi connectivity index (χ3v) is 3.56. The lowest BCUT2D eigenvalue weighted by Crippen LogP contribution is -2.41. The van der Waals surface area contributed by atoms with Crippen LogP contribution in [0.2, 0.25) is 0 Å². The zero-order valence-electron chi connectivity index (χ0n) is 13.3. The maximum absolute atomic E-state index is 12.6. The van der Waals surface area contributed by atoms with Crippen molar-refractivity contribution in [2.75, 3.05) is 19.8 Å². The van der Waals surface area contributed by atoms with Crippen molar-refractivity contribution < 1.29 is 14.6 Å². The van der Waals surface area contributed by atoms with Crippen LogP contribution in [-0.4, -0.2) is 41.7 Å². The van der Waals surface area contributed by atoms with Gasteiger partial charge in [-0.05, 0) is 43.5 Å². The lowest BCUT2D eigenvalue weighted by molar-refractivity contribution is 0.0622. The van der Waals surface area contributed by atoms with Crippen LogP contribution in [-0.2, 0) is 0 Å². The number of rotatable bonds is 9. The average molecular weight is 293 g/mol. The number of amides is 1. The monoisotopic (exact) mass is 293 g/mol. The summed E-state index contributed by atoms with van der Waals surface area (Å²) in [6, 6.07) is 7.40. The van der Waals surface area contributed by atoms with Crippen LogP contribution in [0, 0.1) is 0 Å². The van der Waals surface area contributed by atoms with Crippen molar-refractivity contribution in [3.8, 4) is 5.75 Å². The molecule has 118 valence electrons. The Morgan fingerprint density at radius 2 is 1.81 bits per heavy atom. The van der Waals surface area contributed by atoms with Gasteiger partial charge >= 0.3 is 0 Å². The van der Waals surface area contributed by atoms with Crippen LogP contribution >= 0.6 is 0 Å². The molecule has 1 aromatic carbocycles. The molecule has 0 aliphatic carbocycles. The summed E-state index contributed by atoms with van der Waals surface area (Å²) >= 11 is 0. The normalized spacial score (nSPS) is 10.7. The van der Waals surface area contributed by atoms with E-state index in [1.54, 1.807) is 17.0 Å². The standard InChI is InChI=1S/C17H27NO3/c1-4-13-21-16-9-7-14(8-10-16)17(20)18(11-12-19)15(5-2)6-3/h7-10,15,19H,4-6,11-13H2,1-3H3. The molecule has 1 N–H and O–H groups in total. The molecule has 0 bridgehead atoms. The molecule has 0 atom stereocenters. The van der Waals surface area contributed by atoms with Crippen molar-refractivity contribution in [1.82, 2.24) is 4.90 Å². The number of hydrogen-bond donors (Lipinski definition) is 1. The SMILES string of the molecule is CCCOc1ccc(C(=O)N(CCO)C(CC)CC)cc1. The summed E-state index contributed by atoms with van der Waals surface area (Å²) < 4.78 is 5.52. The second kappa shape index (κ2) is 9.40. The fraction of sp³-hybridized carbons (Fsp3) is 0.588. The van der Waals surface area contributed by atoms with Gasteiger partial charge in [-0.3, -0.25) is 4.79 Å². The maximum atomic E-state index is 12.6. The zero-order valence-corrected chi connectivity index (χ0v) is 13.3. The minimum Gasteiger partial charge on any atom is -0.494 e. The Morgan fingerprint density at radius 1 is 1.19 bits per heavy atom. The second-order valence-electron chi connectivity index (χ2n) is 5.07. The van der Waals surface area contributed by atoms with Crippen LogP contribution in [0.15, 0.2) is 24.3 Å². The molecule has 1 amide bonds. The Balaban J connectivity index is 2.83. The first-order chi connectivity index (χ1) is 10.2. The van der Waals surface area contributed by atoms with E-state index < -0.39 is 0 Å². The minimum atomic E-state index is -0.0280. The number of aliphatic hydroxyl groups is 1. The molecule has 0 heterocycles. The summed E-state index contributed by atoms with van der Waals surface area (Å²) in [5, 5.41) is 9.20. The van der Waals surface area contributed by atoms with Crippen LogP contribution in [0.5, 0.6) is 5.75 Å². The van der Waals surface area contributed by atoms with E-state index in [9.17, 15) is 9.90 Å². The number of ether oxygens (including phenoxy) is 1. The molecule has 4 nitrogen and oxygen atoms in total. The molecule has 0 aromatic heterocycles. The first kappa shape index (κ1) is 17.5. The number of carbonyl (C=O) groups excluding carboxylic acids is 1. The van der Waals surface area contributed by atoms with Gasteiger partial charge in [0.2, 0.25) is 0 Å². The number of benzene rings is 1. The third-order valence-electron chi connectivity index (χ3n) is 3.56. The fourth-order valence-electron chi connectivity index (χ4n) is 2.37. The molecular weight excluding hydrogens is 266 g/mol. The van der Waals surface area contributed by atoms with Crippen molar-refractivity contribution >= 4 is 5.91 Å². The first-order valence-electron chi connectivity index (χ1n) is 7.82. The van der Waals surface area contributed by atoms with E-state index in [-0.39, 0.29) is 18.6 Å². The number of aliphatic hydroxyl groups excluding tert-OH is 1. The fourth-order valence-corrected chi connectivity index (χ4v) is 2.37. The molecule has 1 rings (SSSR count). The highest BCUT2D eigenvalue weighted by molar-refractivity contribution is 5.94. The van der Waals surface area contributed by atoms with E-state index in [1.165, 1.54) is 0 Å². The molecule has 21 heavy (non-hydrogen) atoms. The van der Waals surface area contributed by atoms with E-state index in [2.05, 4.69) is 20.8 Å². The zero-order chi connectivity index (χ0) is 15.7. The van der Waals surface area contributed by atoms with E-state index in [4.69, 9.17) is 4.74 Å². The summed E-state index contributed by atoms with van der Waals surface area (Å²) in [5.74, 6) is 0.754. The highest BCUT2D eigenvalue weighted by Gasteiger charge is 2.21. The maximum Gasteiger partial charge on any atom is 0.254 e. The van der Waals surface area contributed by atoms with Gasteiger partial charge in [0.1, 0.15) is 5.75 Å². The quantitative estimate of drug-likeness (QED) is 0.761. The summed E-state index contributed by atoms with van der Waals surface area (Å²) in [6.07, 6.45) is 2.74. The molecule has 0 fully saturated rings.